The fraction of sp³-hybridized carbons (Fsp3) is 0.176. The Balaban J connectivity index is 1.93. The van der Waals surface area contributed by atoms with Crippen LogP contribution in [0.5, 0.6) is 0 Å². The number of amides is 1. The first-order valence-corrected chi connectivity index (χ1v) is 8.86. The van der Waals surface area contributed by atoms with Crippen LogP contribution in [0.1, 0.15) is 16.8 Å². The average Bonchev–Trinajstić information content (AvgIpc) is 2.64. The second kappa shape index (κ2) is 5.96. The van der Waals surface area contributed by atoms with Gasteiger partial charge in [0.15, 0.2) is 15.6 Å². The normalized spacial score (nSPS) is 19.5. The summed E-state index contributed by atoms with van der Waals surface area (Å²) in [6.45, 7) is 0. The van der Waals surface area contributed by atoms with Gasteiger partial charge in [0.2, 0.25) is 5.91 Å². The predicted molar refractivity (Wildman–Crippen MR) is 86.0 cm³/mol. The molecule has 0 aromatic heterocycles. The van der Waals surface area contributed by atoms with E-state index in [-0.39, 0.29) is 22.6 Å². The number of fused-ring (bicyclic) bond motifs is 1. The van der Waals surface area contributed by atoms with Gasteiger partial charge in [-0.2, -0.15) is 0 Å². The van der Waals surface area contributed by atoms with Crippen molar-refractivity contribution in [2.75, 3.05) is 11.1 Å². The van der Waals surface area contributed by atoms with Crippen molar-refractivity contribution in [2.24, 2.45) is 5.92 Å². The summed E-state index contributed by atoms with van der Waals surface area (Å²) < 4.78 is 24.6. The van der Waals surface area contributed by atoms with E-state index in [1.165, 1.54) is 12.1 Å². The number of carbonyl (C=O) groups excluding carboxylic acids is 2. The van der Waals surface area contributed by atoms with Gasteiger partial charge in [-0.1, -0.05) is 36.4 Å². The maximum atomic E-state index is 12.6. The number of para-hydroxylation sites is 1. The smallest absolute Gasteiger partial charge is 0.235 e. The van der Waals surface area contributed by atoms with E-state index in [1.807, 2.05) is 6.07 Å². The zero-order valence-electron chi connectivity index (χ0n) is 12.2. The summed E-state index contributed by atoms with van der Waals surface area (Å²) in [7, 11) is -3.55. The van der Waals surface area contributed by atoms with E-state index in [4.69, 9.17) is 0 Å². The number of sulfone groups is 1. The highest BCUT2D eigenvalue weighted by Gasteiger charge is 2.36. The van der Waals surface area contributed by atoms with Crippen LogP contribution in [0.4, 0.5) is 5.69 Å². The van der Waals surface area contributed by atoms with Crippen molar-refractivity contribution < 1.29 is 18.0 Å². The van der Waals surface area contributed by atoms with Gasteiger partial charge in [-0.05, 0) is 24.6 Å². The standard InChI is InChI=1S/C17H15NO4S/c19-16-13-8-4-5-9-15(13)23(21,22)11-10-14(16)17(20)18-12-6-2-1-3-7-12/h1-9,14H,10-11H2,(H,18,20). The first-order valence-electron chi connectivity index (χ1n) is 7.21. The van der Waals surface area contributed by atoms with E-state index in [1.54, 1.807) is 36.4 Å². The Morgan fingerprint density at radius 1 is 1.00 bits per heavy atom. The lowest BCUT2D eigenvalue weighted by atomic mass is 9.94. The average molecular weight is 329 g/mol. The van der Waals surface area contributed by atoms with E-state index in [9.17, 15) is 18.0 Å². The Labute approximate surface area is 134 Å². The minimum Gasteiger partial charge on any atom is -0.325 e. The number of nitrogens with one attached hydrogen (secondary N) is 1. The summed E-state index contributed by atoms with van der Waals surface area (Å²) in [5, 5.41) is 2.67. The van der Waals surface area contributed by atoms with Gasteiger partial charge in [0.1, 0.15) is 5.92 Å². The maximum Gasteiger partial charge on any atom is 0.235 e. The Hall–Kier alpha value is -2.47. The number of hydrogen-bond acceptors (Lipinski definition) is 4. The Bertz CT molecular complexity index is 859. The molecule has 1 heterocycles. The summed E-state index contributed by atoms with van der Waals surface area (Å²) in [5.74, 6) is -2.15. The molecule has 6 heteroatoms. The fourth-order valence-electron chi connectivity index (χ4n) is 2.64. The number of carbonyl (C=O) groups is 2. The molecule has 0 radical (unpaired) electrons. The Morgan fingerprint density at radius 2 is 1.65 bits per heavy atom. The first-order chi connectivity index (χ1) is 11.0. The van der Waals surface area contributed by atoms with Gasteiger partial charge in [0, 0.05) is 11.3 Å². The largest absolute Gasteiger partial charge is 0.325 e. The summed E-state index contributed by atoms with van der Waals surface area (Å²) >= 11 is 0. The number of rotatable bonds is 2. The fourth-order valence-corrected chi connectivity index (χ4v) is 4.20. The summed E-state index contributed by atoms with van der Waals surface area (Å²) in [6, 6.07) is 14.8. The van der Waals surface area contributed by atoms with Gasteiger partial charge in [0.25, 0.3) is 0 Å². The number of ketones is 1. The molecule has 1 unspecified atom stereocenters. The number of Topliss-reactive ketones (excluding diaryl/α,β-unsaturated/α-hetero) is 1. The summed E-state index contributed by atoms with van der Waals surface area (Å²) in [5.41, 5.74) is 0.670. The molecule has 0 spiro atoms. The van der Waals surface area contributed by atoms with Crippen molar-refractivity contribution in [2.45, 2.75) is 11.3 Å². The number of anilines is 1. The molecule has 0 bridgehead atoms. The molecule has 1 N–H and O–H groups in total. The third-order valence-corrected chi connectivity index (χ3v) is 5.64. The molecular formula is C17H15NO4S. The second-order valence-electron chi connectivity index (χ2n) is 5.38. The monoisotopic (exact) mass is 329 g/mol. The predicted octanol–water partition coefficient (Wildman–Crippen LogP) is 2.30. The molecular weight excluding hydrogens is 314 g/mol. The van der Waals surface area contributed by atoms with E-state index in [0.717, 1.165) is 0 Å². The van der Waals surface area contributed by atoms with Crippen molar-refractivity contribution in [3.05, 3.63) is 60.2 Å². The zero-order valence-corrected chi connectivity index (χ0v) is 13.0. The van der Waals surface area contributed by atoms with Gasteiger partial charge in [-0.3, -0.25) is 9.59 Å². The molecule has 23 heavy (non-hydrogen) atoms. The summed E-state index contributed by atoms with van der Waals surface area (Å²) in [4.78, 5) is 25.1. The molecule has 1 atom stereocenters. The van der Waals surface area contributed by atoms with Crippen LogP contribution in [0, 0.1) is 5.92 Å². The van der Waals surface area contributed by atoms with Crippen molar-refractivity contribution >= 4 is 27.2 Å². The van der Waals surface area contributed by atoms with Crippen LogP contribution in [0.25, 0.3) is 0 Å². The molecule has 1 aliphatic rings. The first kappa shape index (κ1) is 15.4. The van der Waals surface area contributed by atoms with Gasteiger partial charge < -0.3 is 5.32 Å². The topological polar surface area (TPSA) is 80.3 Å². The Morgan fingerprint density at radius 3 is 2.39 bits per heavy atom. The quantitative estimate of drug-likeness (QED) is 0.857. The molecule has 1 amide bonds. The molecule has 0 fully saturated rings. The zero-order chi connectivity index (χ0) is 16.4. The highest BCUT2D eigenvalue weighted by molar-refractivity contribution is 7.91. The highest BCUT2D eigenvalue weighted by atomic mass is 32.2. The van der Waals surface area contributed by atoms with Gasteiger partial charge in [-0.25, -0.2) is 8.42 Å². The second-order valence-corrected chi connectivity index (χ2v) is 7.45. The molecule has 3 rings (SSSR count). The van der Waals surface area contributed by atoms with Crippen LogP contribution >= 0.6 is 0 Å². The minimum atomic E-state index is -3.55. The Kier molecular flexibility index (Phi) is 4.00. The number of hydrogen-bond donors (Lipinski definition) is 1. The molecule has 0 aliphatic carbocycles. The van der Waals surface area contributed by atoms with Crippen molar-refractivity contribution in [3.8, 4) is 0 Å². The van der Waals surface area contributed by atoms with Crippen LogP contribution in [-0.2, 0) is 14.6 Å². The van der Waals surface area contributed by atoms with Gasteiger partial charge in [0.05, 0.1) is 10.6 Å². The van der Waals surface area contributed by atoms with Gasteiger partial charge in [-0.15, -0.1) is 0 Å². The lowest BCUT2D eigenvalue weighted by molar-refractivity contribution is -0.118. The maximum absolute atomic E-state index is 12.6. The van der Waals surface area contributed by atoms with E-state index in [2.05, 4.69) is 5.32 Å². The summed E-state index contributed by atoms with van der Waals surface area (Å²) in [6.07, 6.45) is -0.0193. The molecule has 1 aliphatic heterocycles. The van der Waals surface area contributed by atoms with Crippen LogP contribution < -0.4 is 5.32 Å². The lowest BCUT2D eigenvalue weighted by Crippen LogP contribution is -2.29. The van der Waals surface area contributed by atoms with Crippen molar-refractivity contribution in [1.29, 1.82) is 0 Å². The molecule has 5 nitrogen and oxygen atoms in total. The molecule has 2 aromatic rings. The van der Waals surface area contributed by atoms with E-state index in [0.29, 0.717) is 5.69 Å². The van der Waals surface area contributed by atoms with Crippen molar-refractivity contribution in [3.63, 3.8) is 0 Å². The molecule has 118 valence electrons. The highest BCUT2D eigenvalue weighted by Crippen LogP contribution is 2.28. The minimum absolute atomic E-state index is 0.0139. The van der Waals surface area contributed by atoms with E-state index >= 15 is 0 Å². The lowest BCUT2D eigenvalue weighted by Gasteiger charge is -2.13. The van der Waals surface area contributed by atoms with Crippen LogP contribution in [0.3, 0.4) is 0 Å². The molecule has 0 saturated carbocycles. The van der Waals surface area contributed by atoms with Crippen molar-refractivity contribution in [1.82, 2.24) is 0 Å². The third kappa shape index (κ3) is 3.03. The molecule has 0 saturated heterocycles. The third-order valence-electron chi connectivity index (χ3n) is 3.84. The van der Waals surface area contributed by atoms with Crippen LogP contribution in [0.15, 0.2) is 59.5 Å². The SMILES string of the molecule is O=C(Nc1ccccc1)C1CCS(=O)(=O)c2ccccc2C1=O. The van der Waals surface area contributed by atoms with Crippen LogP contribution in [0.2, 0.25) is 0 Å². The van der Waals surface area contributed by atoms with Crippen LogP contribution in [-0.4, -0.2) is 25.9 Å². The van der Waals surface area contributed by atoms with Gasteiger partial charge >= 0.3 is 0 Å². The number of benzene rings is 2. The van der Waals surface area contributed by atoms with E-state index < -0.39 is 27.4 Å². The molecule has 2 aromatic carbocycles.